The first-order valence-electron chi connectivity index (χ1n) is 6.76. The van der Waals surface area contributed by atoms with Crippen LogP contribution in [0.1, 0.15) is 38.5 Å². The maximum absolute atomic E-state index is 13.3. The van der Waals surface area contributed by atoms with Crippen LogP contribution in [0.25, 0.3) is 0 Å². The first-order chi connectivity index (χ1) is 8.87. The van der Waals surface area contributed by atoms with Gasteiger partial charge in [0.1, 0.15) is 0 Å². The first kappa shape index (κ1) is 14.2. The highest BCUT2D eigenvalue weighted by Crippen LogP contribution is 2.38. The molecule has 1 N–H and O–H groups in total. The zero-order valence-electron chi connectivity index (χ0n) is 10.8. The van der Waals surface area contributed by atoms with E-state index in [1.54, 1.807) is 4.90 Å². The van der Waals surface area contributed by atoms with E-state index in [2.05, 4.69) is 0 Å². The Morgan fingerprint density at radius 3 is 2.68 bits per heavy atom. The lowest BCUT2D eigenvalue weighted by molar-refractivity contribution is -0.142. The molecule has 2 fully saturated rings. The minimum Gasteiger partial charge on any atom is -0.481 e. The number of halogens is 2. The Labute approximate surface area is 110 Å². The molecule has 2 unspecified atom stereocenters. The number of nitrogens with zero attached hydrogens (tertiary/aromatic N) is 1. The number of aliphatic carboxylic acids is 1. The van der Waals surface area contributed by atoms with Crippen molar-refractivity contribution in [1.29, 1.82) is 0 Å². The average Bonchev–Trinajstić information content (AvgIpc) is 2.74. The molecule has 0 aromatic heterocycles. The Bertz CT molecular complexity index is 373. The van der Waals surface area contributed by atoms with Crippen molar-refractivity contribution in [3.8, 4) is 0 Å². The van der Waals surface area contributed by atoms with Crippen molar-refractivity contribution in [2.75, 3.05) is 13.1 Å². The van der Waals surface area contributed by atoms with E-state index in [0.29, 0.717) is 32.4 Å². The van der Waals surface area contributed by atoms with E-state index >= 15 is 0 Å². The number of rotatable bonds is 3. The molecule has 19 heavy (non-hydrogen) atoms. The fraction of sp³-hybridized carbons (Fsp3) is 0.846. The summed E-state index contributed by atoms with van der Waals surface area (Å²) < 4.78 is 26.6. The fourth-order valence-electron chi connectivity index (χ4n) is 3.09. The van der Waals surface area contributed by atoms with Gasteiger partial charge < -0.3 is 10.0 Å². The molecule has 1 aliphatic carbocycles. The highest BCUT2D eigenvalue weighted by atomic mass is 19.3. The quantitative estimate of drug-likeness (QED) is 0.858. The van der Waals surface area contributed by atoms with Crippen molar-refractivity contribution in [2.24, 2.45) is 11.8 Å². The van der Waals surface area contributed by atoms with E-state index in [-0.39, 0.29) is 31.1 Å². The monoisotopic (exact) mass is 275 g/mol. The SMILES string of the molecule is O=C(O)CC1CCN(C(=O)C2CCCC(F)(F)C2)C1. The Morgan fingerprint density at radius 2 is 2.05 bits per heavy atom. The van der Waals surface area contributed by atoms with E-state index < -0.39 is 17.8 Å². The molecule has 0 radical (unpaired) electrons. The van der Waals surface area contributed by atoms with Gasteiger partial charge in [-0.05, 0) is 25.2 Å². The molecule has 0 spiro atoms. The zero-order valence-corrected chi connectivity index (χ0v) is 10.8. The van der Waals surface area contributed by atoms with Gasteiger partial charge in [0.05, 0.1) is 0 Å². The molecule has 1 saturated heterocycles. The Balaban J connectivity index is 1.88. The molecule has 0 aromatic rings. The van der Waals surface area contributed by atoms with Gasteiger partial charge in [0.25, 0.3) is 0 Å². The van der Waals surface area contributed by atoms with Crippen LogP contribution in [0, 0.1) is 11.8 Å². The second-order valence-electron chi connectivity index (χ2n) is 5.69. The van der Waals surface area contributed by atoms with Gasteiger partial charge >= 0.3 is 5.97 Å². The van der Waals surface area contributed by atoms with Crippen LogP contribution in [0.2, 0.25) is 0 Å². The van der Waals surface area contributed by atoms with Crippen LogP contribution in [-0.4, -0.2) is 40.9 Å². The summed E-state index contributed by atoms with van der Waals surface area (Å²) in [6, 6.07) is 0. The van der Waals surface area contributed by atoms with Crippen LogP contribution >= 0.6 is 0 Å². The molecule has 2 aliphatic rings. The van der Waals surface area contributed by atoms with Crippen LogP contribution in [0.15, 0.2) is 0 Å². The molecule has 2 rings (SSSR count). The molecule has 1 amide bonds. The highest BCUT2D eigenvalue weighted by molar-refractivity contribution is 5.79. The third kappa shape index (κ3) is 3.64. The molecular weight excluding hydrogens is 256 g/mol. The molecule has 1 aliphatic heterocycles. The number of carbonyl (C=O) groups excluding carboxylic acids is 1. The van der Waals surface area contributed by atoms with Crippen molar-refractivity contribution in [1.82, 2.24) is 4.90 Å². The number of likely N-dealkylation sites (tertiary alicyclic amines) is 1. The highest BCUT2D eigenvalue weighted by Gasteiger charge is 2.41. The number of amides is 1. The fourth-order valence-corrected chi connectivity index (χ4v) is 3.09. The molecule has 1 saturated carbocycles. The van der Waals surface area contributed by atoms with Gasteiger partial charge in [-0.15, -0.1) is 0 Å². The molecule has 108 valence electrons. The summed E-state index contributed by atoms with van der Waals surface area (Å²) in [7, 11) is 0. The Hall–Kier alpha value is -1.20. The summed E-state index contributed by atoms with van der Waals surface area (Å²) in [5.74, 6) is -4.44. The van der Waals surface area contributed by atoms with E-state index in [1.807, 2.05) is 0 Å². The maximum atomic E-state index is 13.3. The third-order valence-electron chi connectivity index (χ3n) is 4.05. The molecule has 4 nitrogen and oxygen atoms in total. The van der Waals surface area contributed by atoms with Crippen LogP contribution in [-0.2, 0) is 9.59 Å². The van der Waals surface area contributed by atoms with Gasteiger partial charge in [0.2, 0.25) is 11.8 Å². The predicted molar refractivity (Wildman–Crippen MR) is 63.8 cm³/mol. The van der Waals surface area contributed by atoms with E-state index in [9.17, 15) is 18.4 Å². The van der Waals surface area contributed by atoms with Gasteiger partial charge in [0, 0.05) is 38.3 Å². The Kier molecular flexibility index (Phi) is 4.06. The summed E-state index contributed by atoms with van der Waals surface area (Å²) in [4.78, 5) is 24.3. The van der Waals surface area contributed by atoms with E-state index in [0.717, 1.165) is 0 Å². The van der Waals surface area contributed by atoms with Gasteiger partial charge in [-0.25, -0.2) is 8.78 Å². The second-order valence-corrected chi connectivity index (χ2v) is 5.69. The molecule has 0 aromatic carbocycles. The normalized spacial score (nSPS) is 30.3. The number of carboxylic acid groups (broad SMARTS) is 1. The second kappa shape index (κ2) is 5.43. The average molecular weight is 275 g/mol. The lowest BCUT2D eigenvalue weighted by atomic mass is 9.85. The minimum atomic E-state index is -2.72. The molecule has 1 heterocycles. The topological polar surface area (TPSA) is 57.6 Å². The number of hydrogen-bond donors (Lipinski definition) is 1. The van der Waals surface area contributed by atoms with Gasteiger partial charge in [0.15, 0.2) is 0 Å². The van der Waals surface area contributed by atoms with Crippen molar-refractivity contribution >= 4 is 11.9 Å². The summed E-state index contributed by atoms with van der Waals surface area (Å²) in [6.07, 6.45) is 1.13. The summed E-state index contributed by atoms with van der Waals surface area (Å²) >= 11 is 0. The van der Waals surface area contributed by atoms with Crippen molar-refractivity contribution < 1.29 is 23.5 Å². The number of carboxylic acids is 1. The van der Waals surface area contributed by atoms with Crippen molar-refractivity contribution in [2.45, 2.75) is 44.4 Å². The first-order valence-corrected chi connectivity index (χ1v) is 6.76. The Morgan fingerprint density at radius 1 is 1.32 bits per heavy atom. The van der Waals surface area contributed by atoms with Crippen molar-refractivity contribution in [3.05, 3.63) is 0 Å². The van der Waals surface area contributed by atoms with Crippen LogP contribution in [0.5, 0.6) is 0 Å². The van der Waals surface area contributed by atoms with Gasteiger partial charge in [-0.1, -0.05) is 0 Å². The standard InChI is InChI=1S/C13H19F2NO3/c14-13(15)4-1-2-10(7-13)12(19)16-5-3-9(8-16)6-11(17)18/h9-10H,1-8H2,(H,17,18). The minimum absolute atomic E-state index is 0.0365. The predicted octanol–water partition coefficient (Wildman–Crippen LogP) is 2.14. The summed E-state index contributed by atoms with van der Waals surface area (Å²) in [6.45, 7) is 0.895. The van der Waals surface area contributed by atoms with E-state index in [1.165, 1.54) is 0 Å². The molecule has 6 heteroatoms. The van der Waals surface area contributed by atoms with Gasteiger partial charge in [-0.2, -0.15) is 0 Å². The smallest absolute Gasteiger partial charge is 0.303 e. The van der Waals surface area contributed by atoms with Crippen molar-refractivity contribution in [3.63, 3.8) is 0 Å². The number of hydrogen-bond acceptors (Lipinski definition) is 2. The van der Waals surface area contributed by atoms with Gasteiger partial charge in [-0.3, -0.25) is 9.59 Å². The third-order valence-corrected chi connectivity index (χ3v) is 4.05. The van der Waals surface area contributed by atoms with Crippen LogP contribution in [0.3, 0.4) is 0 Å². The summed E-state index contributed by atoms with van der Waals surface area (Å²) in [5, 5.41) is 8.71. The molecule has 2 atom stereocenters. The zero-order chi connectivity index (χ0) is 14.0. The molecule has 0 bridgehead atoms. The summed E-state index contributed by atoms with van der Waals surface area (Å²) in [5.41, 5.74) is 0. The largest absolute Gasteiger partial charge is 0.481 e. The lowest BCUT2D eigenvalue weighted by Gasteiger charge is -2.30. The maximum Gasteiger partial charge on any atom is 0.303 e. The van der Waals surface area contributed by atoms with Crippen LogP contribution < -0.4 is 0 Å². The van der Waals surface area contributed by atoms with E-state index in [4.69, 9.17) is 5.11 Å². The van der Waals surface area contributed by atoms with Crippen LogP contribution in [0.4, 0.5) is 8.78 Å². The number of carbonyl (C=O) groups is 2. The lowest BCUT2D eigenvalue weighted by Crippen LogP contribution is -2.39. The molecular formula is C13H19F2NO3. The number of alkyl halides is 2.